The third kappa shape index (κ3) is 9.19. The van der Waals surface area contributed by atoms with Gasteiger partial charge in [-0.15, -0.1) is 0 Å². The average molecular weight is 1030 g/mol. The number of esters is 3. The number of aliphatic hydroxyl groups excluding tert-OH is 2. The summed E-state index contributed by atoms with van der Waals surface area (Å²) in [6.07, 6.45) is 11.0. The zero-order chi connectivity index (χ0) is 52.6. The molecule has 12 bridgehead atoms. The van der Waals surface area contributed by atoms with Gasteiger partial charge in [-0.2, -0.15) is 5.26 Å². The van der Waals surface area contributed by atoms with Crippen LogP contribution < -0.4 is 16.0 Å². The Kier molecular flexibility index (Phi) is 15.6. The van der Waals surface area contributed by atoms with Crippen molar-refractivity contribution in [2.45, 2.75) is 119 Å². The summed E-state index contributed by atoms with van der Waals surface area (Å²) < 4.78 is 14.6. The monoisotopic (exact) mass is 1030 g/mol. The fourth-order valence-electron chi connectivity index (χ4n) is 21.3. The number of nitrogens with one attached hydrogen (secondary N) is 3. The number of ether oxygens (including phenoxy) is 3. The summed E-state index contributed by atoms with van der Waals surface area (Å²) >= 11 is 0. The molecule has 0 aromatic rings. The molecule has 15 heteroatoms. The van der Waals surface area contributed by atoms with Gasteiger partial charge in [0, 0.05) is 17.8 Å². The van der Waals surface area contributed by atoms with Gasteiger partial charge in [-0.05, 0) is 207 Å². The zero-order valence-electron chi connectivity index (χ0n) is 45.2. The maximum Gasteiger partial charge on any atom is 0.328 e. The van der Waals surface area contributed by atoms with E-state index in [0.29, 0.717) is 23.7 Å². The van der Waals surface area contributed by atoms with Gasteiger partial charge in [0.2, 0.25) is 17.7 Å². The molecule has 5 N–H and O–H groups in total. The van der Waals surface area contributed by atoms with Gasteiger partial charge in [-0.3, -0.25) is 24.0 Å². The first-order valence-corrected chi connectivity index (χ1v) is 29.4. The van der Waals surface area contributed by atoms with Crippen molar-refractivity contribution >= 4 is 35.6 Å². The smallest absolute Gasteiger partial charge is 0.328 e. The number of nitrogens with zero attached hydrogens (tertiary/aromatic N) is 1. The van der Waals surface area contributed by atoms with Gasteiger partial charge in [-0.25, -0.2) is 4.79 Å². The standard InChI is InChI=1S/C20H28N2O3.C20H31NO4.C19H29NO4/c1-10-11(2)14-8-13(10)18-12-6-15(19(14)18)16(7-12)20(24)22-9-17(23)25-5-3-4-21;1-9-10(2)14-8-13(9)17-12-6-15(18(14)17)16(7-12)19(23)21-11(3)20(24)25-5-4-22;1-9-10(2)13-7-12(9)17-11-5-14(18(13)17)15(6-11)19(23)20-8-16(22)24-4-3-21/h10-16,18-19H,3,5-9H2,1-2H3,(H,22,24);9-18,22H,4-8H2,1-3H3,(H,21,23);9-15,17-18,21H,3-8H2,1-2H3,(H,20,23). The van der Waals surface area contributed by atoms with Gasteiger partial charge in [0.15, 0.2) is 0 Å². The Labute approximate surface area is 439 Å². The highest BCUT2D eigenvalue weighted by atomic mass is 16.5. The Morgan fingerprint density at radius 3 is 1.18 bits per heavy atom. The number of carbonyl (C=O) groups excluding carboxylic acids is 6. The average Bonchev–Trinajstić information content (AvgIpc) is 4.24. The van der Waals surface area contributed by atoms with E-state index in [0.717, 1.165) is 138 Å². The van der Waals surface area contributed by atoms with Crippen LogP contribution in [0.5, 0.6) is 0 Å². The van der Waals surface area contributed by atoms with Crippen LogP contribution in [0.2, 0.25) is 0 Å². The molecule has 12 aliphatic rings. The van der Waals surface area contributed by atoms with Crippen LogP contribution in [0, 0.1) is 171 Å². The topological polar surface area (TPSA) is 230 Å². The van der Waals surface area contributed by atoms with E-state index in [1.165, 1.54) is 38.5 Å². The van der Waals surface area contributed by atoms with E-state index in [1.54, 1.807) is 6.92 Å². The summed E-state index contributed by atoms with van der Waals surface area (Å²) in [5, 5.41) is 34.2. The molecule has 410 valence electrons. The van der Waals surface area contributed by atoms with Crippen molar-refractivity contribution in [2.24, 2.45) is 160 Å². The van der Waals surface area contributed by atoms with Crippen molar-refractivity contribution in [3.63, 3.8) is 0 Å². The molecule has 12 aliphatic carbocycles. The van der Waals surface area contributed by atoms with Gasteiger partial charge in [-0.1, -0.05) is 41.5 Å². The lowest BCUT2D eigenvalue weighted by molar-refractivity contribution is -0.149. The first-order valence-electron chi connectivity index (χ1n) is 29.4. The van der Waals surface area contributed by atoms with Gasteiger partial charge < -0.3 is 40.4 Å². The highest BCUT2D eigenvalue weighted by Crippen LogP contribution is 2.74. The summed E-state index contributed by atoms with van der Waals surface area (Å²) in [5.74, 6) is 17.5. The van der Waals surface area contributed by atoms with E-state index in [1.807, 2.05) is 6.07 Å². The van der Waals surface area contributed by atoms with E-state index >= 15 is 0 Å². The van der Waals surface area contributed by atoms with Crippen molar-refractivity contribution in [2.75, 3.05) is 46.1 Å². The summed E-state index contributed by atoms with van der Waals surface area (Å²) in [6.45, 7) is 15.7. The quantitative estimate of drug-likeness (QED) is 0.0580. The Bertz CT molecular complexity index is 2180. The molecule has 0 aliphatic heterocycles. The van der Waals surface area contributed by atoms with Crippen LogP contribution in [0.25, 0.3) is 0 Å². The second kappa shape index (κ2) is 21.6. The number of carbonyl (C=O) groups is 6. The van der Waals surface area contributed by atoms with Crippen molar-refractivity contribution in [1.82, 2.24) is 16.0 Å². The van der Waals surface area contributed by atoms with Crippen LogP contribution in [0.1, 0.15) is 113 Å². The first-order chi connectivity index (χ1) is 35.5. The molecule has 28 unspecified atom stereocenters. The summed E-state index contributed by atoms with van der Waals surface area (Å²) in [4.78, 5) is 73.0. The highest BCUT2D eigenvalue weighted by Gasteiger charge is 2.69. The number of aliphatic hydroxyl groups is 2. The molecular formula is C59H88N4O11. The van der Waals surface area contributed by atoms with Crippen molar-refractivity contribution in [1.29, 1.82) is 5.26 Å². The zero-order valence-corrected chi connectivity index (χ0v) is 45.2. The first kappa shape index (κ1) is 53.6. The second-order valence-electron chi connectivity index (χ2n) is 26.4. The number of amides is 3. The minimum absolute atomic E-state index is 0.00821. The van der Waals surface area contributed by atoms with E-state index in [4.69, 9.17) is 29.7 Å². The summed E-state index contributed by atoms with van der Waals surface area (Å²) in [5.41, 5.74) is 0. The molecule has 0 saturated heterocycles. The molecule has 15 nitrogen and oxygen atoms in total. The fourth-order valence-corrected chi connectivity index (χ4v) is 21.3. The van der Waals surface area contributed by atoms with Gasteiger partial charge in [0.1, 0.15) is 39.0 Å². The van der Waals surface area contributed by atoms with Crippen LogP contribution in [0.4, 0.5) is 0 Å². The predicted octanol–water partition coefficient (Wildman–Crippen LogP) is 5.66. The van der Waals surface area contributed by atoms with Crippen molar-refractivity contribution < 1.29 is 53.2 Å². The molecule has 0 heterocycles. The fraction of sp³-hybridized carbons (Fsp3) is 0.881. The molecule has 12 saturated carbocycles. The lowest BCUT2D eigenvalue weighted by Gasteiger charge is -2.43. The van der Waals surface area contributed by atoms with Crippen LogP contribution in [0.15, 0.2) is 0 Å². The van der Waals surface area contributed by atoms with E-state index in [2.05, 4.69) is 57.5 Å². The molecule has 12 fully saturated rings. The number of rotatable bonds is 15. The Balaban J connectivity index is 0.000000127. The summed E-state index contributed by atoms with van der Waals surface area (Å²) in [7, 11) is 0. The number of hydrogen-bond acceptors (Lipinski definition) is 12. The largest absolute Gasteiger partial charge is 0.463 e. The minimum atomic E-state index is -0.645. The predicted molar refractivity (Wildman–Crippen MR) is 271 cm³/mol. The molecule has 0 aromatic carbocycles. The normalized spacial score (nSPS) is 47.1. The highest BCUT2D eigenvalue weighted by molar-refractivity contribution is 5.86. The van der Waals surface area contributed by atoms with Crippen molar-refractivity contribution in [3.8, 4) is 6.07 Å². The maximum atomic E-state index is 12.8. The molecule has 3 amide bonds. The van der Waals surface area contributed by atoms with Crippen molar-refractivity contribution in [3.05, 3.63) is 0 Å². The van der Waals surface area contributed by atoms with Crippen LogP contribution in [0.3, 0.4) is 0 Å². The maximum absolute atomic E-state index is 12.8. The number of hydrogen-bond donors (Lipinski definition) is 5. The van der Waals surface area contributed by atoms with Gasteiger partial charge in [0.05, 0.1) is 25.7 Å². The Hall–Kier alpha value is -3.77. The number of fused-ring (bicyclic) bond motifs is 27. The second-order valence-corrected chi connectivity index (χ2v) is 26.4. The van der Waals surface area contributed by atoms with Gasteiger partial charge >= 0.3 is 17.9 Å². The Morgan fingerprint density at radius 1 is 0.473 bits per heavy atom. The SMILES string of the molecule is CC(NC(=O)C1CC2CC1C1C3CC(C(C)C3C)C21)C(=O)OCCO.CC1C(C)C2CC1C1C3CC(C(=O)NCC(=O)OCCC#N)C(C3)C21.CC1C(C)C2CC1C1C3CC(C(=O)NCC(=O)OCCO)C(C3)C21. The van der Waals surface area contributed by atoms with E-state index < -0.39 is 23.9 Å². The third-order valence-corrected chi connectivity index (χ3v) is 24.2. The Morgan fingerprint density at radius 2 is 0.811 bits per heavy atom. The molecule has 74 heavy (non-hydrogen) atoms. The van der Waals surface area contributed by atoms with Crippen LogP contribution in [-0.2, 0) is 43.0 Å². The summed E-state index contributed by atoms with van der Waals surface area (Å²) in [6, 6.07) is 1.28. The molecule has 0 spiro atoms. The van der Waals surface area contributed by atoms with E-state index in [9.17, 15) is 28.8 Å². The van der Waals surface area contributed by atoms with Crippen LogP contribution >= 0.6 is 0 Å². The number of nitriles is 1. The molecule has 0 aromatic heterocycles. The molecular weight excluding hydrogens is 941 g/mol. The third-order valence-electron chi connectivity index (χ3n) is 24.2. The lowest BCUT2D eigenvalue weighted by atomic mass is 9.62. The molecule has 28 atom stereocenters. The minimum Gasteiger partial charge on any atom is -0.463 e. The van der Waals surface area contributed by atoms with E-state index in [-0.39, 0.29) is 88.0 Å². The van der Waals surface area contributed by atoms with Crippen LogP contribution in [-0.4, -0.2) is 98.0 Å². The molecule has 0 radical (unpaired) electrons. The lowest BCUT2D eigenvalue weighted by Crippen LogP contribution is -2.47. The molecule has 12 rings (SSSR count). The van der Waals surface area contributed by atoms with Gasteiger partial charge in [0.25, 0.3) is 0 Å².